The molecule has 0 unspecified atom stereocenters. The Labute approximate surface area is 147 Å². The van der Waals surface area contributed by atoms with Crippen molar-refractivity contribution in [2.24, 2.45) is 0 Å². The number of alkyl halides is 3. The Kier molecular flexibility index (Phi) is 3.69. The van der Waals surface area contributed by atoms with Crippen LogP contribution in [0.15, 0.2) is 42.7 Å². The van der Waals surface area contributed by atoms with Crippen molar-refractivity contribution in [2.45, 2.75) is 6.18 Å². The Balaban J connectivity index is 1.85. The van der Waals surface area contributed by atoms with Gasteiger partial charge in [-0.05, 0) is 30.3 Å². The molecule has 126 valence electrons. The molecule has 0 fully saturated rings. The van der Waals surface area contributed by atoms with Crippen molar-refractivity contribution < 1.29 is 13.2 Å². The molecule has 3 aromatic heterocycles. The summed E-state index contributed by atoms with van der Waals surface area (Å²) in [6, 6.07) is 6.67. The van der Waals surface area contributed by atoms with Gasteiger partial charge in [0.1, 0.15) is 5.01 Å². The second kappa shape index (κ2) is 5.78. The highest BCUT2D eigenvalue weighted by Gasteiger charge is 2.31. The Morgan fingerprint density at radius 1 is 1.12 bits per heavy atom. The van der Waals surface area contributed by atoms with Crippen molar-refractivity contribution in [3.05, 3.63) is 53.3 Å². The van der Waals surface area contributed by atoms with E-state index in [0.717, 1.165) is 23.5 Å². The van der Waals surface area contributed by atoms with Crippen molar-refractivity contribution in [1.82, 2.24) is 24.8 Å². The van der Waals surface area contributed by atoms with Crippen molar-refractivity contribution in [1.29, 1.82) is 0 Å². The zero-order chi connectivity index (χ0) is 17.6. The second-order valence-electron chi connectivity index (χ2n) is 5.06. The first-order valence-corrected chi connectivity index (χ1v) is 8.13. The Bertz CT molecular complexity index is 1060. The van der Waals surface area contributed by atoms with Crippen LogP contribution in [0.1, 0.15) is 5.56 Å². The van der Waals surface area contributed by atoms with Crippen LogP contribution in [-0.2, 0) is 6.18 Å². The van der Waals surface area contributed by atoms with Gasteiger partial charge in [0.2, 0.25) is 4.96 Å². The molecule has 0 saturated carbocycles. The van der Waals surface area contributed by atoms with Crippen LogP contribution in [0.2, 0.25) is 5.02 Å². The summed E-state index contributed by atoms with van der Waals surface area (Å²) in [4.78, 5) is 4.46. The molecule has 4 rings (SSSR count). The minimum atomic E-state index is -4.46. The summed E-state index contributed by atoms with van der Waals surface area (Å²) in [7, 11) is 0. The van der Waals surface area contributed by atoms with Crippen molar-refractivity contribution in [3.8, 4) is 22.0 Å². The van der Waals surface area contributed by atoms with E-state index in [9.17, 15) is 13.2 Å². The molecule has 0 bridgehead atoms. The summed E-state index contributed by atoms with van der Waals surface area (Å²) >= 11 is 7.18. The molecule has 5 nitrogen and oxygen atoms in total. The third-order valence-electron chi connectivity index (χ3n) is 3.43. The quantitative estimate of drug-likeness (QED) is 0.509. The van der Waals surface area contributed by atoms with E-state index >= 15 is 0 Å². The lowest BCUT2D eigenvalue weighted by Gasteiger charge is -2.08. The standard InChI is InChI=1S/C15H7ClF3N5S/c16-11-4-3-9(15(17,18)19)6-10(11)13-23-24-12(21-22-14(24)25-13)8-2-1-5-20-7-8/h1-7H. The van der Waals surface area contributed by atoms with E-state index in [-0.39, 0.29) is 10.6 Å². The highest BCUT2D eigenvalue weighted by atomic mass is 35.5. The van der Waals surface area contributed by atoms with Crippen LogP contribution < -0.4 is 0 Å². The monoisotopic (exact) mass is 381 g/mol. The van der Waals surface area contributed by atoms with E-state index in [1.165, 1.54) is 10.6 Å². The zero-order valence-electron chi connectivity index (χ0n) is 12.2. The third kappa shape index (κ3) is 2.85. The number of aromatic nitrogens is 5. The maximum absolute atomic E-state index is 13.0. The molecule has 0 spiro atoms. The Hall–Kier alpha value is -2.52. The third-order valence-corrected chi connectivity index (χ3v) is 4.70. The number of fused-ring (bicyclic) bond motifs is 1. The first-order chi connectivity index (χ1) is 11.9. The van der Waals surface area contributed by atoms with E-state index < -0.39 is 11.7 Å². The topological polar surface area (TPSA) is 56.0 Å². The van der Waals surface area contributed by atoms with E-state index in [2.05, 4.69) is 20.3 Å². The van der Waals surface area contributed by atoms with Gasteiger partial charge in [0.05, 0.1) is 10.6 Å². The number of hydrogen-bond acceptors (Lipinski definition) is 5. The van der Waals surface area contributed by atoms with Crippen molar-refractivity contribution in [2.75, 3.05) is 0 Å². The van der Waals surface area contributed by atoms with Crippen LogP contribution in [0, 0.1) is 0 Å². The first-order valence-electron chi connectivity index (χ1n) is 6.93. The number of halogens is 4. The summed E-state index contributed by atoms with van der Waals surface area (Å²) in [6.45, 7) is 0. The van der Waals surface area contributed by atoms with Crippen LogP contribution in [0.3, 0.4) is 0 Å². The summed E-state index contributed by atoms with van der Waals surface area (Å²) < 4.78 is 40.3. The summed E-state index contributed by atoms with van der Waals surface area (Å²) in [6.07, 6.45) is -1.23. The zero-order valence-corrected chi connectivity index (χ0v) is 13.8. The van der Waals surface area contributed by atoms with Crippen LogP contribution in [0.4, 0.5) is 13.2 Å². The molecule has 4 aromatic rings. The minimum Gasteiger partial charge on any atom is -0.264 e. The summed E-state index contributed by atoms with van der Waals surface area (Å²) in [5, 5.41) is 12.9. The average molecular weight is 382 g/mol. The normalized spacial score (nSPS) is 12.0. The second-order valence-corrected chi connectivity index (χ2v) is 6.42. The predicted octanol–water partition coefficient (Wildman–Crippen LogP) is 4.59. The summed E-state index contributed by atoms with van der Waals surface area (Å²) in [5.41, 5.74) is 0.108. The van der Waals surface area contributed by atoms with Gasteiger partial charge in [0.25, 0.3) is 0 Å². The molecule has 1 aromatic carbocycles. The SMILES string of the molecule is FC(F)(F)c1ccc(Cl)c(-c2nn3c(-c4cccnc4)nnc3s2)c1. The highest BCUT2D eigenvalue weighted by molar-refractivity contribution is 7.19. The number of rotatable bonds is 2. The lowest BCUT2D eigenvalue weighted by Crippen LogP contribution is -2.04. The predicted molar refractivity (Wildman–Crippen MR) is 87.3 cm³/mol. The minimum absolute atomic E-state index is 0.181. The van der Waals surface area contributed by atoms with Crippen molar-refractivity contribution >= 4 is 27.9 Å². The molecule has 0 aliphatic rings. The molecule has 0 atom stereocenters. The number of hydrogen-bond donors (Lipinski definition) is 0. The largest absolute Gasteiger partial charge is 0.416 e. The fourth-order valence-electron chi connectivity index (χ4n) is 2.27. The molecule has 25 heavy (non-hydrogen) atoms. The van der Waals surface area contributed by atoms with E-state index in [0.29, 0.717) is 21.4 Å². The van der Waals surface area contributed by atoms with Gasteiger partial charge < -0.3 is 0 Å². The van der Waals surface area contributed by atoms with Gasteiger partial charge in [-0.25, -0.2) is 0 Å². The molecule has 10 heteroatoms. The molecular formula is C15H7ClF3N5S. The highest BCUT2D eigenvalue weighted by Crippen LogP contribution is 2.37. The molecule has 0 N–H and O–H groups in total. The smallest absolute Gasteiger partial charge is 0.264 e. The van der Waals surface area contributed by atoms with Crippen LogP contribution in [0.5, 0.6) is 0 Å². The first kappa shape index (κ1) is 16.0. The maximum Gasteiger partial charge on any atom is 0.416 e. The van der Waals surface area contributed by atoms with Crippen LogP contribution in [-0.4, -0.2) is 24.8 Å². The lowest BCUT2D eigenvalue weighted by molar-refractivity contribution is -0.137. The molecule has 3 heterocycles. The van der Waals surface area contributed by atoms with Gasteiger partial charge in [0.15, 0.2) is 5.82 Å². The van der Waals surface area contributed by atoms with Gasteiger partial charge in [-0.3, -0.25) is 4.98 Å². The molecule has 0 saturated heterocycles. The van der Waals surface area contributed by atoms with Gasteiger partial charge >= 0.3 is 6.18 Å². The molecule has 0 aliphatic carbocycles. The molecule has 0 amide bonds. The van der Waals surface area contributed by atoms with Gasteiger partial charge in [0, 0.05) is 23.5 Å². The summed E-state index contributed by atoms with van der Waals surface area (Å²) in [5.74, 6) is 0.452. The lowest BCUT2D eigenvalue weighted by atomic mass is 10.1. The van der Waals surface area contributed by atoms with Gasteiger partial charge in [-0.15, -0.1) is 10.2 Å². The maximum atomic E-state index is 13.0. The van der Waals surface area contributed by atoms with E-state index in [1.54, 1.807) is 24.5 Å². The molecule has 0 radical (unpaired) electrons. The van der Waals surface area contributed by atoms with Crippen LogP contribution >= 0.6 is 22.9 Å². The number of benzene rings is 1. The molecular weight excluding hydrogens is 375 g/mol. The number of pyridine rings is 1. The Morgan fingerprint density at radius 3 is 2.68 bits per heavy atom. The average Bonchev–Trinajstić information content (AvgIpc) is 3.15. The van der Waals surface area contributed by atoms with Crippen molar-refractivity contribution in [3.63, 3.8) is 0 Å². The molecule has 0 aliphatic heterocycles. The van der Waals surface area contributed by atoms with Crippen LogP contribution in [0.25, 0.3) is 26.9 Å². The fourth-order valence-corrected chi connectivity index (χ4v) is 3.40. The number of nitrogens with zero attached hydrogens (tertiary/aromatic N) is 5. The van der Waals surface area contributed by atoms with Gasteiger partial charge in [-0.1, -0.05) is 22.9 Å². The van der Waals surface area contributed by atoms with Gasteiger partial charge in [-0.2, -0.15) is 22.8 Å². The van der Waals surface area contributed by atoms with E-state index in [1.807, 2.05) is 0 Å². The Morgan fingerprint density at radius 2 is 1.96 bits per heavy atom. The van der Waals surface area contributed by atoms with E-state index in [4.69, 9.17) is 11.6 Å². The fraction of sp³-hybridized carbons (Fsp3) is 0.0667.